The van der Waals surface area contributed by atoms with Crippen LogP contribution in [0.3, 0.4) is 0 Å². The van der Waals surface area contributed by atoms with Crippen molar-refractivity contribution in [2.24, 2.45) is 0 Å². The van der Waals surface area contributed by atoms with Crippen LogP contribution in [0.25, 0.3) is 0 Å². The van der Waals surface area contributed by atoms with Crippen LogP contribution in [0, 0.1) is 0 Å². The Morgan fingerprint density at radius 1 is 1.27 bits per heavy atom. The molecule has 1 aromatic carbocycles. The molecule has 0 unspecified atom stereocenters. The number of hydrogen-bond acceptors (Lipinski definition) is 3. The van der Waals surface area contributed by atoms with Crippen molar-refractivity contribution < 1.29 is 5.11 Å². The summed E-state index contributed by atoms with van der Waals surface area (Å²) in [5, 5.41) is 10.2. The van der Waals surface area contributed by atoms with Gasteiger partial charge in [-0.25, -0.2) is 0 Å². The highest BCUT2D eigenvalue weighted by Crippen LogP contribution is 2.24. The Morgan fingerprint density at radius 3 is 2.77 bits per heavy atom. The molecule has 1 N–H and O–H groups in total. The van der Waals surface area contributed by atoms with Crippen LogP contribution in [-0.2, 0) is 19.6 Å². The quantitative estimate of drug-likeness (QED) is 0.832. The summed E-state index contributed by atoms with van der Waals surface area (Å²) in [7, 11) is 0. The molecule has 118 valence electrons. The van der Waals surface area contributed by atoms with Crippen molar-refractivity contribution in [3.8, 4) is 5.75 Å². The van der Waals surface area contributed by atoms with E-state index in [1.807, 2.05) is 22.8 Å². The molecule has 0 amide bonds. The number of benzene rings is 1. The number of aromatic nitrogens is 1. The highest BCUT2D eigenvalue weighted by atomic mass is 79.9. The van der Waals surface area contributed by atoms with E-state index in [1.54, 1.807) is 0 Å². The third-order valence-corrected chi connectivity index (χ3v) is 4.49. The number of aromatic hydroxyl groups is 1. The summed E-state index contributed by atoms with van der Waals surface area (Å²) in [6.45, 7) is 3.00. The van der Waals surface area contributed by atoms with Crippen LogP contribution >= 0.6 is 39.9 Å². The van der Waals surface area contributed by atoms with Gasteiger partial charge in [-0.3, -0.25) is 9.69 Å². The highest BCUT2D eigenvalue weighted by Gasteiger charge is 2.17. The summed E-state index contributed by atoms with van der Waals surface area (Å²) in [4.78, 5) is 13.8. The first kappa shape index (κ1) is 17.3. The summed E-state index contributed by atoms with van der Waals surface area (Å²) in [6.07, 6.45) is 1.52. The maximum atomic E-state index is 11.5. The predicted molar refractivity (Wildman–Crippen MR) is 92.9 cm³/mol. The van der Waals surface area contributed by atoms with Gasteiger partial charge in [0.05, 0.1) is 6.20 Å². The second-order valence-electron chi connectivity index (χ2n) is 5.15. The van der Waals surface area contributed by atoms with Crippen LogP contribution < -0.4 is 5.43 Å². The van der Waals surface area contributed by atoms with Gasteiger partial charge >= 0.3 is 0 Å². The van der Waals surface area contributed by atoms with E-state index < -0.39 is 0 Å². The molecule has 4 nitrogen and oxygen atoms in total. The Morgan fingerprint density at radius 2 is 2.05 bits per heavy atom. The highest BCUT2D eigenvalue weighted by molar-refractivity contribution is 9.10. The average molecular weight is 406 g/mol. The van der Waals surface area contributed by atoms with Crippen molar-refractivity contribution in [1.82, 2.24) is 9.47 Å². The van der Waals surface area contributed by atoms with E-state index in [9.17, 15) is 9.90 Å². The van der Waals surface area contributed by atoms with Gasteiger partial charge in [0.1, 0.15) is 0 Å². The van der Waals surface area contributed by atoms with E-state index >= 15 is 0 Å². The second-order valence-corrected chi connectivity index (χ2v) is 6.48. The SMILES string of the molecule is Cl.O=c1cc2n(cc1O)CCN(Cc1ccc(Br)cc1Cl)C2. The third-order valence-electron chi connectivity index (χ3n) is 3.65. The van der Waals surface area contributed by atoms with E-state index in [4.69, 9.17) is 11.6 Å². The van der Waals surface area contributed by atoms with Gasteiger partial charge in [-0.2, -0.15) is 0 Å². The molecule has 7 heteroatoms. The molecular formula is C15H15BrCl2N2O2. The van der Waals surface area contributed by atoms with Crippen molar-refractivity contribution in [2.45, 2.75) is 19.6 Å². The van der Waals surface area contributed by atoms with Crippen molar-refractivity contribution in [1.29, 1.82) is 0 Å². The van der Waals surface area contributed by atoms with Gasteiger partial charge in [-0.05, 0) is 17.7 Å². The van der Waals surface area contributed by atoms with Gasteiger partial charge in [-0.1, -0.05) is 33.6 Å². The van der Waals surface area contributed by atoms with Crippen molar-refractivity contribution in [2.75, 3.05) is 6.54 Å². The molecule has 0 saturated carbocycles. The Balaban J connectivity index is 0.00000176. The summed E-state index contributed by atoms with van der Waals surface area (Å²) in [5.41, 5.74) is 1.65. The summed E-state index contributed by atoms with van der Waals surface area (Å²) < 4.78 is 2.89. The molecule has 2 aromatic rings. The van der Waals surface area contributed by atoms with Gasteiger partial charge in [0.25, 0.3) is 0 Å². The molecule has 2 heterocycles. The Bertz CT molecular complexity index is 749. The van der Waals surface area contributed by atoms with Gasteiger partial charge in [0, 0.05) is 47.4 Å². The molecule has 1 aliphatic rings. The normalized spacial score (nSPS) is 14.3. The van der Waals surface area contributed by atoms with E-state index in [0.29, 0.717) is 6.54 Å². The lowest BCUT2D eigenvalue weighted by atomic mass is 10.1. The second kappa shape index (κ2) is 7.04. The third kappa shape index (κ3) is 3.66. The molecule has 0 atom stereocenters. The number of hydrogen-bond donors (Lipinski definition) is 1. The first-order valence-corrected chi connectivity index (χ1v) is 7.78. The maximum absolute atomic E-state index is 11.5. The molecule has 22 heavy (non-hydrogen) atoms. The maximum Gasteiger partial charge on any atom is 0.223 e. The molecule has 0 saturated heterocycles. The largest absolute Gasteiger partial charge is 0.503 e. The van der Waals surface area contributed by atoms with E-state index in [-0.39, 0.29) is 23.6 Å². The minimum absolute atomic E-state index is 0. The average Bonchev–Trinajstić information content (AvgIpc) is 2.43. The molecule has 1 aliphatic heterocycles. The van der Waals surface area contributed by atoms with Gasteiger partial charge in [0.15, 0.2) is 5.75 Å². The molecule has 0 aliphatic carbocycles. The smallest absolute Gasteiger partial charge is 0.223 e. The van der Waals surface area contributed by atoms with Crippen LogP contribution in [0.4, 0.5) is 0 Å². The van der Waals surface area contributed by atoms with E-state index in [2.05, 4.69) is 20.8 Å². The number of nitrogens with zero attached hydrogens (tertiary/aromatic N) is 2. The zero-order chi connectivity index (χ0) is 15.0. The summed E-state index contributed by atoms with van der Waals surface area (Å²) in [6, 6.07) is 7.37. The number of rotatable bonds is 2. The first-order valence-electron chi connectivity index (χ1n) is 6.61. The summed E-state index contributed by atoms with van der Waals surface area (Å²) >= 11 is 9.65. The lowest BCUT2D eigenvalue weighted by Crippen LogP contribution is -2.34. The minimum Gasteiger partial charge on any atom is -0.503 e. The van der Waals surface area contributed by atoms with Crippen LogP contribution in [-0.4, -0.2) is 21.1 Å². The molecule has 0 radical (unpaired) electrons. The van der Waals surface area contributed by atoms with E-state index in [1.165, 1.54) is 12.3 Å². The Labute approximate surface area is 147 Å². The van der Waals surface area contributed by atoms with Gasteiger partial charge in [0.2, 0.25) is 5.43 Å². The van der Waals surface area contributed by atoms with Crippen molar-refractivity contribution in [3.63, 3.8) is 0 Å². The van der Waals surface area contributed by atoms with Crippen LogP contribution in [0.2, 0.25) is 5.02 Å². The molecule has 3 rings (SSSR count). The monoisotopic (exact) mass is 404 g/mol. The fourth-order valence-corrected chi connectivity index (χ4v) is 3.26. The van der Waals surface area contributed by atoms with Crippen LogP contribution in [0.5, 0.6) is 5.75 Å². The van der Waals surface area contributed by atoms with Crippen LogP contribution in [0.1, 0.15) is 11.3 Å². The first-order chi connectivity index (χ1) is 10.0. The molecule has 0 spiro atoms. The number of pyridine rings is 1. The fourth-order valence-electron chi connectivity index (χ4n) is 2.53. The topological polar surface area (TPSA) is 45.5 Å². The standard InChI is InChI=1S/C15H14BrClN2O2.ClH/c16-11-2-1-10(13(17)5-11)7-18-3-4-19-9-15(21)14(20)6-12(19)8-18;/h1-2,5-6,9,21H,3-4,7-8H2;1H. The van der Waals surface area contributed by atoms with Crippen molar-refractivity contribution in [3.05, 3.63) is 61.4 Å². The number of halogens is 3. The number of fused-ring (bicyclic) bond motifs is 1. The molecule has 0 bridgehead atoms. The van der Waals surface area contributed by atoms with Crippen molar-refractivity contribution >= 4 is 39.9 Å². The van der Waals surface area contributed by atoms with Crippen LogP contribution in [0.15, 0.2) is 39.7 Å². The molecular weight excluding hydrogens is 391 g/mol. The van der Waals surface area contributed by atoms with Gasteiger partial charge < -0.3 is 9.67 Å². The zero-order valence-corrected chi connectivity index (χ0v) is 14.8. The Kier molecular flexibility index (Phi) is 5.55. The van der Waals surface area contributed by atoms with Gasteiger partial charge in [-0.15, -0.1) is 12.4 Å². The molecule has 1 aromatic heterocycles. The predicted octanol–water partition coefficient (Wildman–Crippen LogP) is 3.41. The lowest BCUT2D eigenvalue weighted by molar-refractivity contribution is 0.210. The summed E-state index contributed by atoms with van der Waals surface area (Å²) in [5.74, 6) is -0.192. The van der Waals surface area contributed by atoms with E-state index in [0.717, 1.165) is 40.4 Å². The lowest BCUT2D eigenvalue weighted by Gasteiger charge is -2.30. The minimum atomic E-state index is -0.329. The Hall–Kier alpha value is -1.01. The molecule has 0 fully saturated rings. The zero-order valence-electron chi connectivity index (χ0n) is 11.6. The fraction of sp³-hybridized carbons (Fsp3) is 0.267.